The number of benzene rings is 4. The van der Waals surface area contributed by atoms with Gasteiger partial charge in [0.15, 0.2) is 0 Å². The molecule has 2 heterocycles. The van der Waals surface area contributed by atoms with Crippen LogP contribution in [-0.2, 0) is 27.4 Å². The van der Waals surface area contributed by atoms with Crippen molar-refractivity contribution in [1.29, 1.82) is 0 Å². The second kappa shape index (κ2) is 22.8. The molecular formula is C47H58Br2F2N10O4. The van der Waals surface area contributed by atoms with E-state index in [1.165, 1.54) is 18.0 Å². The second-order valence-corrected chi connectivity index (χ2v) is 19.0. The largest absolute Gasteiger partial charge is 0.444 e. The van der Waals surface area contributed by atoms with Crippen LogP contribution in [0.2, 0.25) is 0 Å². The molecule has 0 saturated heterocycles. The first kappa shape index (κ1) is 50.7. The number of halogens is 4. The molecule has 0 spiro atoms. The fourth-order valence-corrected chi connectivity index (χ4v) is 7.50. The molecule has 0 atom stereocenters. The lowest BCUT2D eigenvalue weighted by Gasteiger charge is -2.27. The maximum atomic E-state index is 15.0. The van der Waals surface area contributed by atoms with Crippen molar-refractivity contribution >= 4 is 71.6 Å². The molecule has 0 saturated carbocycles. The lowest BCUT2D eigenvalue weighted by molar-refractivity contribution is -0.131. The van der Waals surface area contributed by atoms with Crippen LogP contribution in [0.5, 0.6) is 0 Å². The van der Waals surface area contributed by atoms with Crippen molar-refractivity contribution < 1.29 is 27.9 Å². The Morgan fingerprint density at radius 2 is 1.09 bits per heavy atom. The van der Waals surface area contributed by atoms with Crippen molar-refractivity contribution in [1.82, 2.24) is 50.2 Å². The summed E-state index contributed by atoms with van der Waals surface area (Å²) in [6.45, 7) is 9.08. The van der Waals surface area contributed by atoms with E-state index in [9.17, 15) is 18.8 Å². The topological polar surface area (TPSA) is 146 Å². The van der Waals surface area contributed by atoms with E-state index in [4.69, 9.17) is 4.74 Å². The normalized spacial score (nSPS) is 11.6. The molecule has 348 valence electrons. The Balaban J connectivity index is 0.000000250. The molecule has 65 heavy (non-hydrogen) atoms. The number of aromatic nitrogens is 4. The molecule has 18 heteroatoms. The molecule has 0 aliphatic carbocycles. The number of aromatic amines is 2. The van der Waals surface area contributed by atoms with Gasteiger partial charge < -0.3 is 34.6 Å². The highest BCUT2D eigenvalue weighted by molar-refractivity contribution is 9.10. The van der Waals surface area contributed by atoms with Crippen LogP contribution in [-0.4, -0.2) is 150 Å². The number of nitrogens with zero attached hydrogens (tertiary/aromatic N) is 7. The van der Waals surface area contributed by atoms with Gasteiger partial charge in [0.05, 0.1) is 17.6 Å². The van der Waals surface area contributed by atoms with Gasteiger partial charge in [0, 0.05) is 91.3 Å². The highest BCUT2D eigenvalue weighted by Crippen LogP contribution is 2.32. The average Bonchev–Trinajstić information content (AvgIpc) is 3.85. The van der Waals surface area contributed by atoms with Crippen LogP contribution in [0.1, 0.15) is 31.9 Å². The second-order valence-electron chi connectivity index (χ2n) is 17.1. The lowest BCUT2D eigenvalue weighted by atomic mass is 10.0. The van der Waals surface area contributed by atoms with E-state index in [0.717, 1.165) is 41.9 Å². The van der Waals surface area contributed by atoms with Crippen LogP contribution in [0.25, 0.3) is 44.3 Å². The van der Waals surface area contributed by atoms with Crippen molar-refractivity contribution in [2.24, 2.45) is 0 Å². The SMILES string of the molecule is CN(CCN(C)C(=O)CN(C)C(=O)OC(C)(C)C)Cc1ccc(-c2n[nH]c3cc(Br)ccc23)c(F)c1.CNCC(=O)N(C)CCN(C)Cc1ccc(-c2n[nH]c3cc(Br)ccc23)c(F)c1. The third-order valence-electron chi connectivity index (χ3n) is 10.4. The smallest absolute Gasteiger partial charge is 0.410 e. The highest BCUT2D eigenvalue weighted by Gasteiger charge is 2.23. The van der Waals surface area contributed by atoms with Crippen LogP contribution in [0.4, 0.5) is 13.6 Å². The summed E-state index contributed by atoms with van der Waals surface area (Å²) in [5.41, 5.74) is 4.86. The summed E-state index contributed by atoms with van der Waals surface area (Å²) in [4.78, 5) is 45.0. The fourth-order valence-electron chi connectivity index (χ4n) is 6.78. The van der Waals surface area contributed by atoms with Crippen LogP contribution < -0.4 is 5.32 Å². The lowest BCUT2D eigenvalue weighted by Crippen LogP contribution is -2.43. The minimum atomic E-state index is -0.621. The van der Waals surface area contributed by atoms with E-state index < -0.39 is 11.7 Å². The summed E-state index contributed by atoms with van der Waals surface area (Å²) < 4.78 is 37.0. The van der Waals surface area contributed by atoms with Gasteiger partial charge in [-0.3, -0.25) is 19.8 Å². The Hall–Kier alpha value is -5.27. The first-order valence-electron chi connectivity index (χ1n) is 21.0. The minimum Gasteiger partial charge on any atom is -0.444 e. The molecule has 0 aliphatic rings. The number of rotatable bonds is 16. The van der Waals surface area contributed by atoms with E-state index >= 15 is 4.39 Å². The zero-order valence-electron chi connectivity index (χ0n) is 38.4. The number of hydrogen-bond acceptors (Lipinski definition) is 9. The number of amides is 3. The third-order valence-corrected chi connectivity index (χ3v) is 11.4. The number of carbonyl (C=O) groups excluding carboxylic acids is 3. The van der Waals surface area contributed by atoms with Gasteiger partial charge in [0.2, 0.25) is 11.8 Å². The van der Waals surface area contributed by atoms with Crippen LogP contribution in [0.15, 0.2) is 81.7 Å². The van der Waals surface area contributed by atoms with Gasteiger partial charge in [0.25, 0.3) is 0 Å². The number of carbonyl (C=O) groups is 3. The van der Waals surface area contributed by atoms with Gasteiger partial charge in [-0.15, -0.1) is 0 Å². The van der Waals surface area contributed by atoms with E-state index in [0.29, 0.717) is 68.3 Å². The Morgan fingerprint density at radius 1 is 0.646 bits per heavy atom. The van der Waals surface area contributed by atoms with Gasteiger partial charge in [-0.1, -0.05) is 44.0 Å². The van der Waals surface area contributed by atoms with E-state index in [1.54, 1.807) is 69.9 Å². The summed E-state index contributed by atoms with van der Waals surface area (Å²) in [7, 11) is 10.6. The summed E-state index contributed by atoms with van der Waals surface area (Å²) in [6.07, 6.45) is -0.539. The molecule has 0 fully saturated rings. The predicted octanol–water partition coefficient (Wildman–Crippen LogP) is 8.13. The minimum absolute atomic E-state index is 0.0505. The molecule has 0 unspecified atom stereocenters. The zero-order valence-corrected chi connectivity index (χ0v) is 41.5. The molecule has 14 nitrogen and oxygen atoms in total. The molecule has 6 aromatic rings. The van der Waals surface area contributed by atoms with Gasteiger partial charge in [0.1, 0.15) is 35.2 Å². The Morgan fingerprint density at radius 3 is 1.51 bits per heavy atom. The summed E-state index contributed by atoms with van der Waals surface area (Å²) >= 11 is 6.86. The molecular weight excluding hydrogens is 966 g/mol. The van der Waals surface area contributed by atoms with Gasteiger partial charge in [-0.25, -0.2) is 13.6 Å². The number of likely N-dealkylation sites (N-methyl/N-ethyl adjacent to an activating group) is 6. The molecule has 0 bridgehead atoms. The van der Waals surface area contributed by atoms with E-state index in [-0.39, 0.29) is 30.0 Å². The molecule has 0 radical (unpaired) electrons. The van der Waals surface area contributed by atoms with Crippen molar-refractivity contribution in [3.8, 4) is 22.5 Å². The number of ether oxygens (including phenoxy) is 1. The van der Waals surface area contributed by atoms with Crippen molar-refractivity contribution in [2.45, 2.75) is 39.5 Å². The summed E-state index contributed by atoms with van der Waals surface area (Å²) in [6, 6.07) is 21.9. The standard InChI is InChI=1S/C26H33BrFN5O3.C21H25BrFN5O/c1-26(2,3)36-25(35)33(6)16-23(34)32(5)12-11-31(4)15-17-7-9-19(21(28)13-17)24-20-10-8-18(27)14-22(20)29-30-24;1-24-12-20(29)28(3)9-8-27(2)13-14-4-6-16(18(23)10-14)21-17-7-5-15(22)11-19(17)25-26-21/h7-10,13-14H,11-12,15-16H2,1-6H3,(H,29,30);4-7,10-11,24H,8-9,12-13H2,1-3H3,(H,25,26). The maximum Gasteiger partial charge on any atom is 0.410 e. The van der Waals surface area contributed by atoms with Crippen LogP contribution in [0, 0.1) is 11.6 Å². The predicted molar refractivity (Wildman–Crippen MR) is 259 cm³/mol. The first-order chi connectivity index (χ1) is 30.7. The van der Waals surface area contributed by atoms with Crippen molar-refractivity contribution in [3.63, 3.8) is 0 Å². The molecule has 3 N–H and O–H groups in total. The van der Waals surface area contributed by atoms with E-state index in [2.05, 4.69) is 62.5 Å². The van der Waals surface area contributed by atoms with Crippen LogP contribution in [0.3, 0.4) is 0 Å². The Labute approximate surface area is 395 Å². The average molecular weight is 1020 g/mol. The van der Waals surface area contributed by atoms with Crippen LogP contribution >= 0.6 is 31.9 Å². The van der Waals surface area contributed by atoms with Crippen molar-refractivity contribution in [2.75, 3.05) is 81.6 Å². The van der Waals surface area contributed by atoms with Crippen molar-refractivity contribution in [3.05, 3.63) is 105 Å². The quantitative estimate of drug-likeness (QED) is 0.0876. The monoisotopic (exact) mass is 1020 g/mol. The number of fused-ring (bicyclic) bond motifs is 2. The van der Waals surface area contributed by atoms with Gasteiger partial charge in [-0.2, -0.15) is 10.2 Å². The molecule has 6 rings (SSSR count). The number of nitrogens with one attached hydrogen (secondary N) is 3. The third kappa shape index (κ3) is 14.4. The van der Waals surface area contributed by atoms with Gasteiger partial charge in [-0.05, 0) is 114 Å². The fraction of sp³-hybridized carbons (Fsp3) is 0.383. The summed E-state index contributed by atoms with van der Waals surface area (Å²) in [5.74, 6) is -0.775. The molecule has 0 aliphatic heterocycles. The number of H-pyrrole nitrogens is 2. The summed E-state index contributed by atoms with van der Waals surface area (Å²) in [5, 5.41) is 19.1. The molecule has 4 aromatic carbocycles. The molecule has 3 amide bonds. The Bertz CT molecular complexity index is 2600. The van der Waals surface area contributed by atoms with Gasteiger partial charge >= 0.3 is 6.09 Å². The molecule has 2 aromatic heterocycles. The maximum absolute atomic E-state index is 15.0. The zero-order chi connectivity index (χ0) is 47.6. The van der Waals surface area contributed by atoms with E-state index in [1.807, 2.05) is 67.5 Å². The number of hydrogen-bond donors (Lipinski definition) is 3. The Kier molecular flexibility index (Phi) is 17.8. The highest BCUT2D eigenvalue weighted by atomic mass is 79.9. The first-order valence-corrected chi connectivity index (χ1v) is 22.6.